The van der Waals surface area contributed by atoms with E-state index in [1.54, 1.807) is 0 Å². The molecule has 2 aromatic rings. The number of halogens is 2. The summed E-state index contributed by atoms with van der Waals surface area (Å²) in [5, 5.41) is 0. The Bertz CT molecular complexity index is 508. The van der Waals surface area contributed by atoms with Gasteiger partial charge in [0.1, 0.15) is 10.6 Å². The van der Waals surface area contributed by atoms with Crippen molar-refractivity contribution in [3.05, 3.63) is 71.5 Å². The van der Waals surface area contributed by atoms with E-state index in [1.165, 1.54) is 24.3 Å². The predicted octanol–water partition coefficient (Wildman–Crippen LogP) is 5.17. The molecule has 1 nitrogen and oxygen atoms in total. The van der Waals surface area contributed by atoms with E-state index in [9.17, 15) is 9.18 Å². The van der Waals surface area contributed by atoms with E-state index in [0.717, 1.165) is 5.56 Å². The molecule has 0 spiro atoms. The average Bonchev–Trinajstić information content (AvgIpc) is 2.49. The number of carbonyl (C=O) groups is 1. The molecule has 0 aliphatic heterocycles. The molecule has 1 atom stereocenters. The lowest BCUT2D eigenvalue weighted by Gasteiger charge is -2.08. The second-order valence-electron chi connectivity index (χ2n) is 3.64. The molecule has 0 heterocycles. The van der Waals surface area contributed by atoms with Gasteiger partial charge in [0.2, 0.25) is 0 Å². The summed E-state index contributed by atoms with van der Waals surface area (Å²) in [6, 6.07) is 15.0. The van der Waals surface area contributed by atoms with Crippen molar-refractivity contribution in [1.29, 1.82) is 0 Å². The summed E-state index contributed by atoms with van der Waals surface area (Å²) in [5.74, 6) is -0.413. The minimum Gasteiger partial charge on any atom is -0.293 e. The van der Waals surface area contributed by atoms with E-state index in [0.29, 0.717) is 5.56 Å². The van der Waals surface area contributed by atoms with E-state index >= 15 is 0 Å². The third-order valence-corrected chi connectivity index (χ3v) is 3.40. The fourth-order valence-corrected chi connectivity index (χ4v) is 2.10. The molecule has 0 aliphatic rings. The van der Waals surface area contributed by atoms with Crippen molar-refractivity contribution in [3.63, 3.8) is 0 Å². The maximum Gasteiger partial charge on any atom is 0.180 e. The maximum atomic E-state index is 12.8. The molecule has 0 aliphatic carbocycles. The van der Waals surface area contributed by atoms with Crippen molar-refractivity contribution in [2.45, 2.75) is 18.7 Å². The Labute approximate surface area is 121 Å². The van der Waals surface area contributed by atoms with Gasteiger partial charge in [0.25, 0.3) is 0 Å². The van der Waals surface area contributed by atoms with Crippen LogP contribution in [0.1, 0.15) is 34.6 Å². The molecule has 1 unspecified atom stereocenters. The largest absolute Gasteiger partial charge is 0.293 e. The van der Waals surface area contributed by atoms with Gasteiger partial charge in [-0.1, -0.05) is 60.1 Å². The summed E-state index contributed by atoms with van der Waals surface area (Å²) in [7, 11) is 0. The van der Waals surface area contributed by atoms with Crippen LogP contribution in [-0.4, -0.2) is 5.78 Å². The molecule has 0 N–H and O–H groups in total. The Hall–Kier alpha value is -1.48. The second-order valence-corrected chi connectivity index (χ2v) is 4.56. The highest BCUT2D eigenvalue weighted by molar-refractivity contribution is 9.09. The summed E-state index contributed by atoms with van der Waals surface area (Å²) >= 11 is 3.36. The zero-order chi connectivity index (χ0) is 14.3. The van der Waals surface area contributed by atoms with Gasteiger partial charge in [-0.3, -0.25) is 4.79 Å². The molecule has 3 heteroatoms. The van der Waals surface area contributed by atoms with Crippen molar-refractivity contribution in [2.75, 3.05) is 0 Å². The first-order chi connectivity index (χ1) is 9.18. The van der Waals surface area contributed by atoms with Gasteiger partial charge in [-0.15, -0.1) is 0 Å². The van der Waals surface area contributed by atoms with E-state index < -0.39 is 4.83 Å². The summed E-state index contributed by atoms with van der Waals surface area (Å²) < 4.78 is 12.8. The number of rotatable bonds is 3. The minimum atomic E-state index is -0.394. The topological polar surface area (TPSA) is 17.1 Å². The van der Waals surface area contributed by atoms with Crippen molar-refractivity contribution in [2.24, 2.45) is 0 Å². The first-order valence-corrected chi connectivity index (χ1v) is 7.09. The van der Waals surface area contributed by atoms with E-state index in [2.05, 4.69) is 15.9 Å². The number of hydrogen-bond acceptors (Lipinski definition) is 1. The van der Waals surface area contributed by atoms with Crippen LogP contribution in [0.25, 0.3) is 0 Å². The normalized spacial score (nSPS) is 11.2. The highest BCUT2D eigenvalue weighted by atomic mass is 79.9. The van der Waals surface area contributed by atoms with Gasteiger partial charge < -0.3 is 0 Å². The minimum absolute atomic E-state index is 0.0730. The first kappa shape index (κ1) is 15.6. The summed E-state index contributed by atoms with van der Waals surface area (Å²) in [6.45, 7) is 4.00. The number of Topliss-reactive ketones (excluding diaryl/α,β-unsaturated/α-hetero) is 1. The third kappa shape index (κ3) is 4.28. The number of carbonyl (C=O) groups excluding carboxylic acids is 1. The zero-order valence-electron chi connectivity index (χ0n) is 10.9. The van der Waals surface area contributed by atoms with Crippen LogP contribution in [-0.2, 0) is 0 Å². The fraction of sp³-hybridized carbons (Fsp3) is 0.188. The van der Waals surface area contributed by atoms with Gasteiger partial charge >= 0.3 is 0 Å². The second kappa shape index (κ2) is 7.85. The lowest BCUT2D eigenvalue weighted by atomic mass is 10.0. The van der Waals surface area contributed by atoms with Gasteiger partial charge in [-0.25, -0.2) is 4.39 Å². The Morgan fingerprint density at radius 2 is 1.53 bits per heavy atom. The molecular formula is C16H16BrFO. The van der Waals surface area contributed by atoms with Gasteiger partial charge in [-0.2, -0.15) is 0 Å². The van der Waals surface area contributed by atoms with E-state index in [4.69, 9.17) is 0 Å². The van der Waals surface area contributed by atoms with E-state index in [-0.39, 0.29) is 11.6 Å². The van der Waals surface area contributed by atoms with Crippen LogP contribution in [0.2, 0.25) is 0 Å². The Morgan fingerprint density at radius 3 is 2.05 bits per heavy atom. The van der Waals surface area contributed by atoms with Crippen molar-refractivity contribution < 1.29 is 9.18 Å². The first-order valence-electron chi connectivity index (χ1n) is 6.17. The molecule has 0 aromatic heterocycles. The van der Waals surface area contributed by atoms with Gasteiger partial charge in [0.05, 0.1) is 0 Å². The third-order valence-electron chi connectivity index (χ3n) is 2.45. The van der Waals surface area contributed by atoms with Crippen LogP contribution in [0, 0.1) is 5.82 Å². The molecule has 2 rings (SSSR count). The molecule has 0 saturated heterocycles. The molecule has 0 radical (unpaired) electrons. The molecule has 0 amide bonds. The standard InChI is InChI=1S/C14H10BrFO.C2H6/c15-13(10-4-2-1-3-5-10)14(17)11-6-8-12(16)9-7-11;1-2/h1-9,13H;1-2H3. The number of benzene rings is 2. The van der Waals surface area contributed by atoms with Crippen molar-refractivity contribution >= 4 is 21.7 Å². The molecular weight excluding hydrogens is 307 g/mol. The highest BCUT2D eigenvalue weighted by Gasteiger charge is 2.18. The maximum absolute atomic E-state index is 12.8. The summed E-state index contributed by atoms with van der Waals surface area (Å²) in [4.78, 5) is 11.7. The molecule has 0 fully saturated rings. The molecule has 0 saturated carbocycles. The molecule has 100 valence electrons. The zero-order valence-corrected chi connectivity index (χ0v) is 12.5. The van der Waals surface area contributed by atoms with Crippen LogP contribution in [0.5, 0.6) is 0 Å². The van der Waals surface area contributed by atoms with Crippen molar-refractivity contribution in [3.8, 4) is 0 Å². The summed E-state index contributed by atoms with van der Waals surface area (Å²) in [5.41, 5.74) is 1.39. The number of ketones is 1. The summed E-state index contributed by atoms with van der Waals surface area (Å²) in [6.07, 6.45) is 0. The van der Waals surface area contributed by atoms with Crippen LogP contribution >= 0.6 is 15.9 Å². The van der Waals surface area contributed by atoms with Gasteiger partial charge in [0, 0.05) is 5.56 Å². The molecule has 19 heavy (non-hydrogen) atoms. The van der Waals surface area contributed by atoms with Crippen molar-refractivity contribution in [1.82, 2.24) is 0 Å². The van der Waals surface area contributed by atoms with Gasteiger partial charge in [-0.05, 0) is 29.8 Å². The van der Waals surface area contributed by atoms with Crippen LogP contribution in [0.15, 0.2) is 54.6 Å². The lowest BCUT2D eigenvalue weighted by molar-refractivity contribution is 0.0991. The Kier molecular flexibility index (Phi) is 6.43. The smallest absolute Gasteiger partial charge is 0.180 e. The highest BCUT2D eigenvalue weighted by Crippen LogP contribution is 2.26. The molecule has 2 aromatic carbocycles. The quantitative estimate of drug-likeness (QED) is 0.562. The van der Waals surface area contributed by atoms with E-state index in [1.807, 2.05) is 44.2 Å². The fourth-order valence-electron chi connectivity index (χ4n) is 1.53. The molecule has 0 bridgehead atoms. The SMILES string of the molecule is CC.O=C(c1ccc(F)cc1)C(Br)c1ccccc1. The lowest BCUT2D eigenvalue weighted by Crippen LogP contribution is -2.06. The Morgan fingerprint density at radius 1 is 1.00 bits per heavy atom. The Balaban J connectivity index is 0.000000861. The number of hydrogen-bond donors (Lipinski definition) is 0. The van der Waals surface area contributed by atoms with Crippen LogP contribution < -0.4 is 0 Å². The average molecular weight is 323 g/mol. The number of alkyl halides is 1. The van der Waals surface area contributed by atoms with Gasteiger partial charge in [0.15, 0.2) is 5.78 Å². The monoisotopic (exact) mass is 322 g/mol. The predicted molar refractivity (Wildman–Crippen MR) is 80.2 cm³/mol. The van der Waals surface area contributed by atoms with Crippen LogP contribution in [0.4, 0.5) is 4.39 Å². The van der Waals surface area contributed by atoms with Crippen LogP contribution in [0.3, 0.4) is 0 Å².